The Kier molecular flexibility index (Phi) is 8.92. The van der Waals surface area contributed by atoms with Crippen LogP contribution in [0.5, 0.6) is 5.88 Å². The second-order valence-corrected chi connectivity index (χ2v) is 16.2. The van der Waals surface area contributed by atoms with Gasteiger partial charge >= 0.3 is 0 Å². The van der Waals surface area contributed by atoms with Crippen LogP contribution in [0.1, 0.15) is 53.0 Å². The normalized spacial score (nSPS) is 22.1. The van der Waals surface area contributed by atoms with Crippen LogP contribution >= 0.6 is 0 Å². The molecule has 3 atom stereocenters. The summed E-state index contributed by atoms with van der Waals surface area (Å²) in [6, 6.07) is 19.9. The third kappa shape index (κ3) is 6.45. The number of piperazine rings is 1. The van der Waals surface area contributed by atoms with Gasteiger partial charge in [0.05, 0.1) is 16.6 Å². The Balaban J connectivity index is 0.763. The average Bonchev–Trinajstić information content (AvgIpc) is 3.45. The van der Waals surface area contributed by atoms with Gasteiger partial charge in [-0.2, -0.15) is 0 Å². The van der Waals surface area contributed by atoms with Gasteiger partial charge in [0.2, 0.25) is 23.6 Å². The molecule has 10 rings (SSSR count). The Bertz CT molecular complexity index is 2550. The maximum atomic E-state index is 13.4. The van der Waals surface area contributed by atoms with E-state index in [0.717, 1.165) is 88.0 Å². The number of nitrogens with zero attached hydrogens (tertiary/aromatic N) is 7. The fraction of sp³-hybridized carbons (Fsp3) is 0.341. The zero-order chi connectivity index (χ0) is 40.5. The molecule has 5 aliphatic rings. The number of ether oxygens (including phenoxy) is 1. The van der Waals surface area contributed by atoms with E-state index in [4.69, 9.17) is 9.72 Å². The smallest absolute Gasteiger partial charge is 0.262 e. The van der Waals surface area contributed by atoms with Crippen LogP contribution in [0.15, 0.2) is 73.1 Å². The summed E-state index contributed by atoms with van der Waals surface area (Å²) < 4.78 is 5.72. The van der Waals surface area contributed by atoms with Crippen molar-refractivity contribution >= 4 is 63.2 Å². The summed E-state index contributed by atoms with van der Waals surface area (Å²) >= 11 is 0. The van der Waals surface area contributed by atoms with E-state index in [1.807, 2.05) is 24.5 Å². The Labute approximate surface area is 340 Å². The molecule has 3 fully saturated rings. The lowest BCUT2D eigenvalue weighted by molar-refractivity contribution is -0.136. The van der Waals surface area contributed by atoms with Gasteiger partial charge in [0, 0.05) is 97.7 Å². The van der Waals surface area contributed by atoms with Gasteiger partial charge in [-0.3, -0.25) is 34.3 Å². The minimum absolute atomic E-state index is 0.0923. The minimum Gasteiger partial charge on any atom is -0.474 e. The van der Waals surface area contributed by atoms with Gasteiger partial charge in [-0.05, 0) is 86.8 Å². The van der Waals surface area contributed by atoms with Crippen LogP contribution in [0.3, 0.4) is 0 Å². The largest absolute Gasteiger partial charge is 0.474 e. The lowest BCUT2D eigenvalue weighted by Crippen LogP contribution is -2.66. The first-order chi connectivity index (χ1) is 28.6. The number of nitrogens with one attached hydrogen (secondary N) is 3. The lowest BCUT2D eigenvalue weighted by Gasteiger charge is -2.53. The molecule has 0 bridgehead atoms. The Morgan fingerprint density at radius 3 is 2.36 bits per heavy atom. The number of hydrogen-bond donors (Lipinski definition) is 3. The topological polar surface area (TPSA) is 165 Å². The van der Waals surface area contributed by atoms with Crippen LogP contribution in [-0.2, 0) is 9.59 Å². The summed E-state index contributed by atoms with van der Waals surface area (Å²) in [4.78, 5) is 73.0. The molecule has 3 saturated heterocycles. The highest BCUT2D eigenvalue weighted by molar-refractivity contribution is 6.23. The predicted molar refractivity (Wildman–Crippen MR) is 223 cm³/mol. The standard InChI is InChI=1S/C44H44N10O5/c1-24-20-51(32-22-52(23-32)31-10-11-33-34(17-31)43(58)54(42(33)57)37-12-13-38(55)50-40(37)56)21-25(2)53(24)30-8-6-29(7-9-30)48-44-47-18-28-5-4-27(16-36(28)49-44)35-19-46-41-39(26(35)3)45-14-15-59-41/h4-11,16-19,24-25,32,37,45H,12-15,20-23H2,1-3H3,(H,47,48,49)(H,50,55,56)/t24-,25+,37?. The first-order valence-corrected chi connectivity index (χ1v) is 20.2. The van der Waals surface area contributed by atoms with Crippen molar-refractivity contribution in [3.63, 3.8) is 0 Å². The molecule has 59 heavy (non-hydrogen) atoms. The van der Waals surface area contributed by atoms with E-state index in [9.17, 15) is 19.2 Å². The molecule has 5 aromatic rings. The number of anilines is 5. The van der Waals surface area contributed by atoms with Gasteiger partial charge in [-0.25, -0.2) is 15.0 Å². The highest BCUT2D eigenvalue weighted by Gasteiger charge is 2.45. The van der Waals surface area contributed by atoms with Crippen molar-refractivity contribution in [2.24, 2.45) is 0 Å². The SMILES string of the molecule is Cc1c(-c2ccc3cnc(Nc4ccc(N5[C@H](C)CN(C6CN(c7ccc8c(c7)C(=O)N(C7CCC(=O)NC7=O)C8=O)C6)C[C@@H]5C)cc4)nc3c2)cnc2c1NCCO2. The molecule has 1 unspecified atom stereocenters. The molecule has 2 aromatic heterocycles. The van der Waals surface area contributed by atoms with Crippen molar-refractivity contribution in [3.05, 3.63) is 89.7 Å². The average molecular weight is 793 g/mol. The van der Waals surface area contributed by atoms with Gasteiger partial charge in [0.25, 0.3) is 11.8 Å². The zero-order valence-corrected chi connectivity index (χ0v) is 33.1. The minimum atomic E-state index is -0.974. The number of hydrogen-bond acceptors (Lipinski definition) is 13. The molecule has 15 nitrogen and oxygen atoms in total. The third-order valence-electron chi connectivity index (χ3n) is 12.4. The van der Waals surface area contributed by atoms with Gasteiger partial charge in [-0.1, -0.05) is 12.1 Å². The van der Waals surface area contributed by atoms with Crippen molar-refractivity contribution in [2.45, 2.75) is 57.8 Å². The number of carbonyl (C=O) groups is 4. The lowest BCUT2D eigenvalue weighted by atomic mass is 9.99. The second kappa shape index (κ2) is 14.3. The van der Waals surface area contributed by atoms with Crippen molar-refractivity contribution in [2.75, 3.05) is 59.8 Å². The monoisotopic (exact) mass is 792 g/mol. The summed E-state index contributed by atoms with van der Waals surface area (Å²) in [5.74, 6) is -0.802. The molecular weight excluding hydrogens is 749 g/mol. The van der Waals surface area contributed by atoms with E-state index in [0.29, 0.717) is 35.6 Å². The molecule has 0 spiro atoms. The fourth-order valence-corrected chi connectivity index (χ4v) is 9.33. The van der Waals surface area contributed by atoms with Gasteiger partial charge in [0.15, 0.2) is 0 Å². The van der Waals surface area contributed by atoms with E-state index >= 15 is 0 Å². The second-order valence-electron chi connectivity index (χ2n) is 16.2. The molecule has 15 heteroatoms. The molecule has 3 N–H and O–H groups in total. The summed E-state index contributed by atoms with van der Waals surface area (Å²) in [7, 11) is 0. The van der Waals surface area contributed by atoms with Crippen molar-refractivity contribution in [3.8, 4) is 17.0 Å². The quantitative estimate of drug-likeness (QED) is 0.194. The van der Waals surface area contributed by atoms with Crippen LogP contribution < -0.4 is 30.5 Å². The number of piperidine rings is 1. The molecule has 7 heterocycles. The number of fused-ring (bicyclic) bond motifs is 3. The van der Waals surface area contributed by atoms with Crippen LogP contribution in [0, 0.1) is 6.92 Å². The van der Waals surface area contributed by atoms with E-state index in [1.165, 1.54) is 0 Å². The molecular formula is C44H44N10O5. The number of benzene rings is 3. The van der Waals surface area contributed by atoms with Gasteiger partial charge in [0.1, 0.15) is 18.3 Å². The van der Waals surface area contributed by atoms with Crippen LogP contribution in [0.25, 0.3) is 22.0 Å². The molecule has 5 aliphatic heterocycles. The van der Waals surface area contributed by atoms with Crippen molar-refractivity contribution in [1.82, 2.24) is 30.1 Å². The summed E-state index contributed by atoms with van der Waals surface area (Å²) in [5, 5.41) is 10.0. The summed E-state index contributed by atoms with van der Waals surface area (Å²) in [5.41, 5.74) is 8.47. The van der Waals surface area contributed by atoms with E-state index < -0.39 is 29.7 Å². The predicted octanol–water partition coefficient (Wildman–Crippen LogP) is 4.74. The van der Waals surface area contributed by atoms with Crippen molar-refractivity contribution in [1.29, 1.82) is 0 Å². The zero-order valence-electron chi connectivity index (χ0n) is 33.1. The number of pyridine rings is 1. The first kappa shape index (κ1) is 36.7. The third-order valence-corrected chi connectivity index (χ3v) is 12.4. The maximum Gasteiger partial charge on any atom is 0.262 e. The van der Waals surface area contributed by atoms with Crippen LogP contribution in [-0.4, -0.2) is 112 Å². The molecule has 0 radical (unpaired) electrons. The number of carbonyl (C=O) groups excluding carboxylic acids is 4. The summed E-state index contributed by atoms with van der Waals surface area (Å²) in [6.45, 7) is 11.4. The van der Waals surface area contributed by atoms with Crippen LogP contribution in [0.4, 0.5) is 28.7 Å². The highest BCUT2D eigenvalue weighted by Crippen LogP contribution is 2.37. The number of rotatable bonds is 7. The van der Waals surface area contributed by atoms with Gasteiger partial charge in [-0.15, -0.1) is 0 Å². The Morgan fingerprint density at radius 1 is 0.814 bits per heavy atom. The molecule has 4 amide bonds. The molecule has 0 saturated carbocycles. The first-order valence-electron chi connectivity index (χ1n) is 20.2. The van der Waals surface area contributed by atoms with E-state index in [-0.39, 0.29) is 24.9 Å². The Morgan fingerprint density at radius 2 is 1.58 bits per heavy atom. The fourth-order valence-electron chi connectivity index (χ4n) is 9.33. The highest BCUT2D eigenvalue weighted by atomic mass is 16.5. The molecule has 0 aliphatic carbocycles. The van der Waals surface area contributed by atoms with Crippen molar-refractivity contribution < 1.29 is 23.9 Å². The van der Waals surface area contributed by atoms with E-state index in [2.05, 4.69) is 97.8 Å². The molecule has 3 aromatic carbocycles. The molecule has 300 valence electrons. The van der Waals surface area contributed by atoms with Crippen LogP contribution in [0.2, 0.25) is 0 Å². The number of aromatic nitrogens is 3. The Hall–Kier alpha value is -6.61. The number of imide groups is 2. The maximum absolute atomic E-state index is 13.4. The van der Waals surface area contributed by atoms with Gasteiger partial charge < -0.3 is 25.2 Å². The summed E-state index contributed by atoms with van der Waals surface area (Å²) in [6.07, 6.45) is 3.93. The number of amides is 4. The van der Waals surface area contributed by atoms with E-state index in [1.54, 1.807) is 12.1 Å².